The molecule has 0 unspecified atom stereocenters. The van der Waals surface area contributed by atoms with E-state index in [1.807, 2.05) is 6.07 Å². The number of imidazole rings is 1. The zero-order chi connectivity index (χ0) is 21.4. The highest BCUT2D eigenvalue weighted by atomic mass is 35.5. The van der Waals surface area contributed by atoms with E-state index in [9.17, 15) is 9.59 Å². The molecule has 0 N–H and O–H groups in total. The predicted molar refractivity (Wildman–Crippen MR) is 120 cm³/mol. The van der Waals surface area contributed by atoms with Crippen molar-refractivity contribution in [1.82, 2.24) is 18.7 Å². The maximum Gasteiger partial charge on any atom is 0.337 e. The van der Waals surface area contributed by atoms with E-state index in [2.05, 4.69) is 11.6 Å². The smallest absolute Gasteiger partial charge is 0.320 e. The van der Waals surface area contributed by atoms with Crippen LogP contribution in [0.1, 0.15) is 5.56 Å². The fourth-order valence-electron chi connectivity index (χ4n) is 3.27. The van der Waals surface area contributed by atoms with Crippen LogP contribution in [-0.4, -0.2) is 18.7 Å². The molecule has 30 heavy (non-hydrogen) atoms. The summed E-state index contributed by atoms with van der Waals surface area (Å²) >= 11 is 18.2. The highest BCUT2D eigenvalue weighted by molar-refractivity contribution is 6.42. The molecule has 4 aromatic rings. The monoisotopic (exact) mass is 460 g/mol. The Balaban J connectivity index is 1.99. The quantitative estimate of drug-likeness (QED) is 0.410. The third kappa shape index (κ3) is 3.58. The van der Waals surface area contributed by atoms with Crippen LogP contribution in [0.2, 0.25) is 15.1 Å². The van der Waals surface area contributed by atoms with Crippen LogP contribution in [0, 0.1) is 0 Å². The van der Waals surface area contributed by atoms with Gasteiger partial charge >= 0.3 is 5.69 Å². The zero-order valence-corrected chi connectivity index (χ0v) is 17.8. The molecule has 0 aliphatic heterocycles. The van der Waals surface area contributed by atoms with Crippen LogP contribution in [0.3, 0.4) is 0 Å². The lowest BCUT2D eigenvalue weighted by Crippen LogP contribution is -2.39. The van der Waals surface area contributed by atoms with Gasteiger partial charge in [0.2, 0.25) is 0 Å². The molecule has 6 nitrogen and oxygen atoms in total. The fourth-order valence-corrected chi connectivity index (χ4v) is 3.78. The second kappa shape index (κ2) is 8.14. The van der Waals surface area contributed by atoms with Crippen molar-refractivity contribution in [2.24, 2.45) is 0 Å². The Morgan fingerprint density at radius 3 is 2.53 bits per heavy atom. The molecule has 0 fully saturated rings. The minimum atomic E-state index is -0.519. The van der Waals surface area contributed by atoms with Gasteiger partial charge in [-0.3, -0.25) is 9.36 Å². The lowest BCUT2D eigenvalue weighted by Gasteiger charge is -2.12. The molecular formula is C21H15Cl3N4O2. The Morgan fingerprint density at radius 2 is 1.83 bits per heavy atom. The Labute approximate surface area is 186 Å². The van der Waals surface area contributed by atoms with E-state index in [1.165, 1.54) is 17.0 Å². The van der Waals surface area contributed by atoms with Crippen molar-refractivity contribution >= 4 is 46.0 Å². The molecule has 0 bridgehead atoms. The highest BCUT2D eigenvalue weighted by Crippen LogP contribution is 2.24. The lowest BCUT2D eigenvalue weighted by molar-refractivity contribution is 0.690. The first kappa shape index (κ1) is 20.5. The van der Waals surface area contributed by atoms with Crippen molar-refractivity contribution in [3.63, 3.8) is 0 Å². The van der Waals surface area contributed by atoms with Gasteiger partial charge in [0.15, 0.2) is 11.2 Å². The normalized spacial score (nSPS) is 11.2. The molecule has 4 rings (SSSR count). The van der Waals surface area contributed by atoms with Gasteiger partial charge < -0.3 is 4.57 Å². The summed E-state index contributed by atoms with van der Waals surface area (Å²) in [5, 5.41) is 1.32. The first-order valence-electron chi connectivity index (χ1n) is 8.92. The Hall–Kier alpha value is -2.80. The molecule has 2 aromatic carbocycles. The first-order valence-corrected chi connectivity index (χ1v) is 10.1. The summed E-state index contributed by atoms with van der Waals surface area (Å²) in [7, 11) is 0. The van der Waals surface area contributed by atoms with Gasteiger partial charge in [-0.2, -0.15) is 0 Å². The maximum absolute atomic E-state index is 13.2. The molecule has 152 valence electrons. The summed E-state index contributed by atoms with van der Waals surface area (Å²) in [5.41, 5.74) is 0.893. The van der Waals surface area contributed by atoms with Crippen molar-refractivity contribution in [1.29, 1.82) is 0 Å². The molecule has 0 aliphatic carbocycles. The Kier molecular flexibility index (Phi) is 5.56. The average molecular weight is 462 g/mol. The number of aromatic nitrogens is 4. The third-order valence-corrected chi connectivity index (χ3v) is 5.59. The van der Waals surface area contributed by atoms with E-state index in [0.29, 0.717) is 27.3 Å². The van der Waals surface area contributed by atoms with E-state index >= 15 is 0 Å². The molecule has 0 amide bonds. The van der Waals surface area contributed by atoms with E-state index in [-0.39, 0.29) is 17.7 Å². The molecule has 0 radical (unpaired) electrons. The first-order chi connectivity index (χ1) is 14.4. The van der Waals surface area contributed by atoms with E-state index < -0.39 is 11.2 Å². The second-order valence-corrected chi connectivity index (χ2v) is 7.85. The zero-order valence-electron chi connectivity index (χ0n) is 15.6. The average Bonchev–Trinajstić information content (AvgIpc) is 3.11. The van der Waals surface area contributed by atoms with Crippen molar-refractivity contribution in [3.8, 4) is 5.69 Å². The molecule has 0 spiro atoms. The topological polar surface area (TPSA) is 61.8 Å². The van der Waals surface area contributed by atoms with Gasteiger partial charge in [0, 0.05) is 18.1 Å². The van der Waals surface area contributed by atoms with Gasteiger partial charge in [-0.15, -0.1) is 6.58 Å². The van der Waals surface area contributed by atoms with Crippen LogP contribution in [-0.2, 0) is 13.1 Å². The van der Waals surface area contributed by atoms with Crippen LogP contribution in [0.15, 0.2) is 71.0 Å². The van der Waals surface area contributed by atoms with Crippen molar-refractivity contribution in [3.05, 3.63) is 103 Å². The predicted octanol–water partition coefficient (Wildman–Crippen LogP) is 4.54. The number of halogens is 3. The molecule has 2 heterocycles. The maximum atomic E-state index is 13.2. The van der Waals surface area contributed by atoms with Crippen molar-refractivity contribution in [2.45, 2.75) is 13.1 Å². The van der Waals surface area contributed by atoms with E-state index in [0.717, 1.165) is 10.1 Å². The minimum absolute atomic E-state index is 0.0616. The number of benzene rings is 2. The number of nitrogens with zero attached hydrogens (tertiary/aromatic N) is 4. The Bertz CT molecular complexity index is 1400. The SMILES string of the molecule is C=CCn1c(=O)c2c(ncn2Cc2ccc(Cl)c(Cl)c2)n(-c2cccc(Cl)c2)c1=O. The highest BCUT2D eigenvalue weighted by Gasteiger charge is 2.19. The number of fused-ring (bicyclic) bond motifs is 1. The summed E-state index contributed by atoms with van der Waals surface area (Å²) in [6.07, 6.45) is 3.02. The van der Waals surface area contributed by atoms with Crippen LogP contribution in [0.25, 0.3) is 16.9 Å². The van der Waals surface area contributed by atoms with Crippen LogP contribution in [0.5, 0.6) is 0 Å². The van der Waals surface area contributed by atoms with Crippen LogP contribution in [0.4, 0.5) is 0 Å². The third-order valence-electron chi connectivity index (χ3n) is 4.62. The van der Waals surface area contributed by atoms with Gasteiger partial charge in [-0.1, -0.05) is 53.0 Å². The Morgan fingerprint density at radius 1 is 1.03 bits per heavy atom. The standard InChI is InChI=1S/C21H15Cl3N4O2/c1-2-8-27-20(29)18-19(28(21(27)30)15-5-3-4-14(22)10-15)25-12-26(18)11-13-6-7-16(23)17(24)9-13/h2-7,9-10,12H,1,8,11H2. The summed E-state index contributed by atoms with van der Waals surface area (Å²) < 4.78 is 4.16. The molecule has 0 atom stereocenters. The molecule has 0 aliphatic rings. The largest absolute Gasteiger partial charge is 0.337 e. The summed E-state index contributed by atoms with van der Waals surface area (Å²) in [6, 6.07) is 12.0. The number of hydrogen-bond donors (Lipinski definition) is 0. The minimum Gasteiger partial charge on any atom is -0.320 e. The van der Waals surface area contributed by atoms with Gasteiger partial charge in [0.1, 0.15) is 0 Å². The molecule has 2 aromatic heterocycles. The molecular weight excluding hydrogens is 447 g/mol. The van der Waals surface area contributed by atoms with Gasteiger partial charge in [-0.25, -0.2) is 14.3 Å². The van der Waals surface area contributed by atoms with Gasteiger partial charge in [0.25, 0.3) is 5.56 Å². The van der Waals surface area contributed by atoms with E-state index in [4.69, 9.17) is 34.8 Å². The number of allylic oxidation sites excluding steroid dienone is 1. The van der Waals surface area contributed by atoms with Crippen LogP contribution < -0.4 is 11.2 Å². The summed E-state index contributed by atoms with van der Waals surface area (Å²) in [4.78, 5) is 30.6. The number of rotatable bonds is 5. The van der Waals surface area contributed by atoms with Gasteiger partial charge in [0.05, 0.1) is 22.1 Å². The van der Waals surface area contributed by atoms with Gasteiger partial charge in [-0.05, 0) is 35.9 Å². The second-order valence-electron chi connectivity index (χ2n) is 6.60. The van der Waals surface area contributed by atoms with E-state index in [1.54, 1.807) is 41.0 Å². The number of hydrogen-bond acceptors (Lipinski definition) is 3. The van der Waals surface area contributed by atoms with Crippen molar-refractivity contribution < 1.29 is 0 Å². The summed E-state index contributed by atoms with van der Waals surface area (Å²) in [5.74, 6) is 0. The molecule has 0 saturated carbocycles. The molecule has 9 heteroatoms. The summed E-state index contributed by atoms with van der Waals surface area (Å²) in [6.45, 7) is 4.04. The van der Waals surface area contributed by atoms with Crippen molar-refractivity contribution in [2.75, 3.05) is 0 Å². The lowest BCUT2D eigenvalue weighted by atomic mass is 10.2. The molecule has 0 saturated heterocycles. The fraction of sp³-hybridized carbons (Fsp3) is 0.0952. The van der Waals surface area contributed by atoms with Crippen LogP contribution >= 0.6 is 34.8 Å².